The van der Waals surface area contributed by atoms with Gasteiger partial charge >= 0.3 is 0 Å². The molecule has 1 heterocycles. The maximum absolute atomic E-state index is 11.9. The Kier molecular flexibility index (Phi) is 3.69. The number of carbonyl (C=O) groups excluding carboxylic acids is 1. The molecule has 1 amide bonds. The van der Waals surface area contributed by atoms with Gasteiger partial charge in [0.05, 0.1) is 5.56 Å². The fourth-order valence-corrected chi connectivity index (χ4v) is 1.57. The van der Waals surface area contributed by atoms with E-state index in [-0.39, 0.29) is 11.9 Å². The standard InChI is InChI=1S/C14H15N3O/c1-10(15)11-4-6-13(7-5-11)17-14(18)12-3-2-8-16-9-12/h2-10H,15H2,1H3,(H,17,18). The normalized spacial score (nSPS) is 11.9. The summed E-state index contributed by atoms with van der Waals surface area (Å²) in [5.74, 6) is -0.170. The molecule has 0 saturated heterocycles. The summed E-state index contributed by atoms with van der Waals surface area (Å²) < 4.78 is 0. The van der Waals surface area contributed by atoms with Crippen LogP contribution >= 0.6 is 0 Å². The van der Waals surface area contributed by atoms with Crippen molar-refractivity contribution in [1.29, 1.82) is 0 Å². The number of amides is 1. The number of nitrogens with two attached hydrogens (primary N) is 1. The number of pyridine rings is 1. The molecule has 0 bridgehead atoms. The second-order valence-corrected chi connectivity index (χ2v) is 4.11. The lowest BCUT2D eigenvalue weighted by Crippen LogP contribution is -2.12. The average molecular weight is 241 g/mol. The highest BCUT2D eigenvalue weighted by molar-refractivity contribution is 6.03. The van der Waals surface area contributed by atoms with Gasteiger partial charge in [-0.1, -0.05) is 12.1 Å². The lowest BCUT2D eigenvalue weighted by Gasteiger charge is -2.08. The van der Waals surface area contributed by atoms with Gasteiger partial charge in [-0.3, -0.25) is 9.78 Å². The van der Waals surface area contributed by atoms with Gasteiger partial charge in [-0.25, -0.2) is 0 Å². The van der Waals surface area contributed by atoms with Gasteiger partial charge in [0.15, 0.2) is 0 Å². The van der Waals surface area contributed by atoms with Crippen LogP contribution in [0.4, 0.5) is 5.69 Å². The second-order valence-electron chi connectivity index (χ2n) is 4.11. The zero-order valence-electron chi connectivity index (χ0n) is 10.1. The third-order valence-corrected chi connectivity index (χ3v) is 2.62. The van der Waals surface area contributed by atoms with E-state index in [0.717, 1.165) is 11.3 Å². The lowest BCUT2D eigenvalue weighted by atomic mass is 10.1. The molecular formula is C14H15N3O. The van der Waals surface area contributed by atoms with Gasteiger partial charge in [0.2, 0.25) is 0 Å². The first-order valence-electron chi connectivity index (χ1n) is 5.74. The number of anilines is 1. The number of nitrogens with one attached hydrogen (secondary N) is 1. The Hall–Kier alpha value is -2.20. The van der Waals surface area contributed by atoms with Crippen LogP contribution in [0.5, 0.6) is 0 Å². The average Bonchev–Trinajstić information content (AvgIpc) is 2.40. The van der Waals surface area contributed by atoms with Crippen LogP contribution in [0.3, 0.4) is 0 Å². The minimum Gasteiger partial charge on any atom is -0.324 e. The van der Waals surface area contributed by atoms with Crippen LogP contribution in [0.2, 0.25) is 0 Å². The molecule has 2 aromatic rings. The van der Waals surface area contributed by atoms with Crippen molar-refractivity contribution in [2.24, 2.45) is 5.73 Å². The van der Waals surface area contributed by atoms with Gasteiger partial charge in [-0.15, -0.1) is 0 Å². The van der Waals surface area contributed by atoms with E-state index in [1.807, 2.05) is 31.2 Å². The first-order valence-corrected chi connectivity index (χ1v) is 5.74. The van der Waals surface area contributed by atoms with Gasteiger partial charge in [0.1, 0.15) is 0 Å². The van der Waals surface area contributed by atoms with E-state index >= 15 is 0 Å². The summed E-state index contributed by atoms with van der Waals surface area (Å²) in [6.45, 7) is 1.92. The van der Waals surface area contributed by atoms with Gasteiger partial charge in [0.25, 0.3) is 5.91 Å². The van der Waals surface area contributed by atoms with Gasteiger partial charge in [-0.2, -0.15) is 0 Å². The van der Waals surface area contributed by atoms with E-state index in [4.69, 9.17) is 5.73 Å². The largest absolute Gasteiger partial charge is 0.324 e. The molecule has 92 valence electrons. The number of hydrogen-bond acceptors (Lipinski definition) is 3. The molecule has 0 spiro atoms. The molecule has 1 atom stereocenters. The van der Waals surface area contributed by atoms with E-state index in [1.54, 1.807) is 18.3 Å². The van der Waals surface area contributed by atoms with Crippen molar-refractivity contribution < 1.29 is 4.79 Å². The molecule has 2 rings (SSSR count). The van der Waals surface area contributed by atoms with Crippen LogP contribution in [-0.4, -0.2) is 10.9 Å². The van der Waals surface area contributed by atoms with E-state index in [9.17, 15) is 4.79 Å². The third kappa shape index (κ3) is 2.93. The van der Waals surface area contributed by atoms with Crippen molar-refractivity contribution in [1.82, 2.24) is 4.98 Å². The van der Waals surface area contributed by atoms with Crippen molar-refractivity contribution in [3.05, 3.63) is 59.9 Å². The highest BCUT2D eigenvalue weighted by Gasteiger charge is 2.06. The summed E-state index contributed by atoms with van der Waals surface area (Å²) in [7, 11) is 0. The Morgan fingerprint density at radius 1 is 1.28 bits per heavy atom. The Balaban J connectivity index is 2.08. The van der Waals surface area contributed by atoms with Crippen LogP contribution in [-0.2, 0) is 0 Å². The summed E-state index contributed by atoms with van der Waals surface area (Å²) in [5.41, 5.74) is 8.08. The predicted molar refractivity (Wildman–Crippen MR) is 71.2 cm³/mol. The highest BCUT2D eigenvalue weighted by Crippen LogP contribution is 2.14. The van der Waals surface area contributed by atoms with Crippen molar-refractivity contribution in [3.8, 4) is 0 Å². The molecule has 1 aromatic heterocycles. The zero-order chi connectivity index (χ0) is 13.0. The highest BCUT2D eigenvalue weighted by atomic mass is 16.1. The smallest absolute Gasteiger partial charge is 0.257 e. The second kappa shape index (κ2) is 5.42. The fraction of sp³-hybridized carbons (Fsp3) is 0.143. The Morgan fingerprint density at radius 2 is 2.00 bits per heavy atom. The minimum absolute atomic E-state index is 0.00641. The van der Waals surface area contributed by atoms with E-state index in [0.29, 0.717) is 5.56 Å². The third-order valence-electron chi connectivity index (χ3n) is 2.62. The van der Waals surface area contributed by atoms with Crippen LogP contribution in [0.25, 0.3) is 0 Å². The topological polar surface area (TPSA) is 68.0 Å². The first-order chi connectivity index (χ1) is 8.66. The molecule has 0 saturated carbocycles. The molecule has 0 fully saturated rings. The van der Waals surface area contributed by atoms with Gasteiger partial charge < -0.3 is 11.1 Å². The summed E-state index contributed by atoms with van der Waals surface area (Å²) in [5, 5.41) is 2.80. The SMILES string of the molecule is CC(N)c1ccc(NC(=O)c2cccnc2)cc1. The van der Waals surface area contributed by atoms with Crippen molar-refractivity contribution >= 4 is 11.6 Å². The van der Waals surface area contributed by atoms with Crippen molar-refractivity contribution in [2.45, 2.75) is 13.0 Å². The summed E-state index contributed by atoms with van der Waals surface area (Å²) >= 11 is 0. The van der Waals surface area contributed by atoms with Crippen LogP contribution in [0, 0.1) is 0 Å². The Morgan fingerprint density at radius 3 is 2.56 bits per heavy atom. The number of rotatable bonds is 3. The van der Waals surface area contributed by atoms with Crippen molar-refractivity contribution in [2.75, 3.05) is 5.32 Å². The predicted octanol–water partition coefficient (Wildman–Crippen LogP) is 2.35. The number of hydrogen-bond donors (Lipinski definition) is 2. The monoisotopic (exact) mass is 241 g/mol. The molecule has 0 aliphatic rings. The summed E-state index contributed by atoms with van der Waals surface area (Å²) in [6, 6.07) is 10.9. The zero-order valence-corrected chi connectivity index (χ0v) is 10.1. The maximum Gasteiger partial charge on any atom is 0.257 e. The lowest BCUT2D eigenvalue weighted by molar-refractivity contribution is 0.102. The van der Waals surface area contributed by atoms with Gasteiger partial charge in [0, 0.05) is 24.1 Å². The number of carbonyl (C=O) groups is 1. The number of benzene rings is 1. The molecule has 1 aromatic carbocycles. The molecule has 0 aliphatic heterocycles. The van der Waals surface area contributed by atoms with E-state index in [2.05, 4.69) is 10.3 Å². The maximum atomic E-state index is 11.9. The van der Waals surface area contributed by atoms with Crippen LogP contribution in [0.15, 0.2) is 48.8 Å². The fourth-order valence-electron chi connectivity index (χ4n) is 1.57. The number of aromatic nitrogens is 1. The van der Waals surface area contributed by atoms with Crippen molar-refractivity contribution in [3.63, 3.8) is 0 Å². The Labute approximate surface area is 106 Å². The van der Waals surface area contributed by atoms with Crippen LogP contribution in [0.1, 0.15) is 28.9 Å². The van der Waals surface area contributed by atoms with E-state index in [1.165, 1.54) is 6.20 Å². The molecular weight excluding hydrogens is 226 g/mol. The summed E-state index contributed by atoms with van der Waals surface area (Å²) in [6.07, 6.45) is 3.17. The molecule has 0 radical (unpaired) electrons. The molecule has 1 unspecified atom stereocenters. The molecule has 4 nitrogen and oxygen atoms in total. The quantitative estimate of drug-likeness (QED) is 0.866. The summed E-state index contributed by atoms with van der Waals surface area (Å²) in [4.78, 5) is 15.8. The molecule has 3 N–H and O–H groups in total. The minimum atomic E-state index is -0.170. The molecule has 0 aliphatic carbocycles. The first kappa shape index (κ1) is 12.3. The molecule has 4 heteroatoms. The Bertz CT molecular complexity index is 520. The van der Waals surface area contributed by atoms with Gasteiger partial charge in [-0.05, 0) is 36.8 Å². The molecule has 18 heavy (non-hydrogen) atoms. The van der Waals surface area contributed by atoms with E-state index < -0.39 is 0 Å². The number of nitrogens with zero attached hydrogens (tertiary/aromatic N) is 1. The van der Waals surface area contributed by atoms with Crippen LogP contribution < -0.4 is 11.1 Å².